The van der Waals surface area contributed by atoms with Crippen LogP contribution in [0.15, 0.2) is 24.3 Å². The third-order valence-electron chi connectivity index (χ3n) is 2.93. The fraction of sp³-hybridized carbons (Fsp3) is 0.500. The van der Waals surface area contributed by atoms with Crippen molar-refractivity contribution in [3.05, 3.63) is 35.4 Å². The summed E-state index contributed by atoms with van der Waals surface area (Å²) in [5, 5.41) is 5.89. The zero-order valence-corrected chi connectivity index (χ0v) is 12.8. The average molecular weight is 296 g/mol. The summed E-state index contributed by atoms with van der Waals surface area (Å²) in [6.07, 6.45) is 1.30. The molecule has 3 nitrogen and oxygen atoms in total. The smallest absolute Gasteiger partial charge is 0.251 e. The van der Waals surface area contributed by atoms with Crippen molar-refractivity contribution in [2.24, 2.45) is 0 Å². The van der Waals surface area contributed by atoms with Gasteiger partial charge in [-0.25, -0.2) is 0 Å². The predicted octanol–water partition coefficient (Wildman–Crippen LogP) is 2.50. The topological polar surface area (TPSA) is 41.1 Å². The molecule has 1 heterocycles. The molecule has 5 heteroatoms. The second kappa shape index (κ2) is 7.82. The molecule has 0 bridgehead atoms. The maximum atomic E-state index is 11.9. The SMILES string of the molecule is CNCCNC(=O)c1ccc(C2SCCCS2)cc1. The molecule has 0 spiro atoms. The van der Waals surface area contributed by atoms with Gasteiger partial charge in [-0.2, -0.15) is 0 Å². The number of likely N-dealkylation sites (N-methyl/N-ethyl adjacent to an activating group) is 1. The highest BCUT2D eigenvalue weighted by Crippen LogP contribution is 2.43. The van der Waals surface area contributed by atoms with Crippen molar-refractivity contribution in [2.75, 3.05) is 31.6 Å². The standard InChI is InChI=1S/C14H20N2OS2/c1-15-7-8-16-13(17)11-3-5-12(6-4-11)14-18-9-2-10-19-14/h3-6,14-15H,2,7-10H2,1H3,(H,16,17). The molecule has 104 valence electrons. The van der Waals surface area contributed by atoms with Crippen LogP contribution in [0.1, 0.15) is 26.9 Å². The van der Waals surface area contributed by atoms with Crippen LogP contribution >= 0.6 is 23.5 Å². The Balaban J connectivity index is 1.91. The molecule has 19 heavy (non-hydrogen) atoms. The molecule has 1 aliphatic rings. The van der Waals surface area contributed by atoms with Crippen molar-refractivity contribution in [3.63, 3.8) is 0 Å². The van der Waals surface area contributed by atoms with Crippen molar-refractivity contribution in [1.29, 1.82) is 0 Å². The zero-order valence-electron chi connectivity index (χ0n) is 11.1. The summed E-state index contributed by atoms with van der Waals surface area (Å²) in [5.41, 5.74) is 2.06. The second-order valence-electron chi connectivity index (χ2n) is 4.41. The molecule has 2 N–H and O–H groups in total. The first-order chi connectivity index (χ1) is 9.31. The number of rotatable bonds is 5. The number of hydrogen-bond acceptors (Lipinski definition) is 4. The van der Waals surface area contributed by atoms with E-state index < -0.39 is 0 Å². The number of benzene rings is 1. The van der Waals surface area contributed by atoms with Gasteiger partial charge < -0.3 is 10.6 Å². The van der Waals surface area contributed by atoms with Gasteiger partial charge >= 0.3 is 0 Å². The summed E-state index contributed by atoms with van der Waals surface area (Å²) in [6, 6.07) is 8.03. The highest BCUT2D eigenvalue weighted by atomic mass is 32.2. The number of hydrogen-bond donors (Lipinski definition) is 2. The van der Waals surface area contributed by atoms with E-state index in [1.165, 1.54) is 23.5 Å². The van der Waals surface area contributed by atoms with Crippen LogP contribution in [0.4, 0.5) is 0 Å². The average Bonchev–Trinajstić information content (AvgIpc) is 2.48. The van der Waals surface area contributed by atoms with Crippen molar-refractivity contribution in [1.82, 2.24) is 10.6 Å². The largest absolute Gasteiger partial charge is 0.351 e. The number of nitrogens with one attached hydrogen (secondary N) is 2. The van der Waals surface area contributed by atoms with Gasteiger partial charge in [0.15, 0.2) is 0 Å². The van der Waals surface area contributed by atoms with Crippen LogP contribution in [0.25, 0.3) is 0 Å². The van der Waals surface area contributed by atoms with Gasteiger partial charge in [0.25, 0.3) is 5.91 Å². The van der Waals surface area contributed by atoms with Crippen LogP contribution in [0.2, 0.25) is 0 Å². The first kappa shape index (κ1) is 14.8. The lowest BCUT2D eigenvalue weighted by atomic mass is 10.1. The molecule has 1 amide bonds. The quantitative estimate of drug-likeness (QED) is 0.819. The highest BCUT2D eigenvalue weighted by molar-refractivity contribution is 8.16. The third kappa shape index (κ3) is 4.44. The van der Waals surface area contributed by atoms with Gasteiger partial charge in [-0.3, -0.25) is 4.79 Å². The predicted molar refractivity (Wildman–Crippen MR) is 85.0 cm³/mol. The van der Waals surface area contributed by atoms with Gasteiger partial charge in [0.05, 0.1) is 4.58 Å². The van der Waals surface area contributed by atoms with Gasteiger partial charge in [-0.1, -0.05) is 12.1 Å². The summed E-state index contributed by atoms with van der Waals surface area (Å²) in [5.74, 6) is 2.49. The normalized spacial score (nSPS) is 16.3. The molecular formula is C14H20N2OS2. The zero-order chi connectivity index (χ0) is 13.5. The summed E-state index contributed by atoms with van der Waals surface area (Å²) in [4.78, 5) is 11.9. The molecule has 0 saturated carbocycles. The van der Waals surface area contributed by atoms with Gasteiger partial charge in [-0.15, -0.1) is 23.5 Å². The van der Waals surface area contributed by atoms with E-state index in [0.717, 1.165) is 12.1 Å². The molecule has 1 aromatic rings. The first-order valence-electron chi connectivity index (χ1n) is 6.57. The molecule has 0 atom stereocenters. The fourth-order valence-electron chi connectivity index (χ4n) is 1.87. The molecule has 1 saturated heterocycles. The Bertz CT molecular complexity index is 402. The Morgan fingerprint density at radius 3 is 2.53 bits per heavy atom. The third-order valence-corrected chi connectivity index (χ3v) is 5.95. The number of carbonyl (C=O) groups is 1. The van der Waals surface area contributed by atoms with Crippen LogP contribution in [-0.2, 0) is 0 Å². The van der Waals surface area contributed by atoms with Gasteiger partial charge in [0.2, 0.25) is 0 Å². The minimum Gasteiger partial charge on any atom is -0.351 e. The number of carbonyl (C=O) groups excluding carboxylic acids is 1. The molecule has 0 aromatic heterocycles. The summed E-state index contributed by atoms with van der Waals surface area (Å²) >= 11 is 4.00. The minimum atomic E-state index is 0.00532. The van der Waals surface area contributed by atoms with Crippen molar-refractivity contribution < 1.29 is 4.79 Å². The molecule has 1 fully saturated rings. The monoisotopic (exact) mass is 296 g/mol. The van der Waals surface area contributed by atoms with Gasteiger partial charge in [0, 0.05) is 18.7 Å². The fourth-order valence-corrected chi connectivity index (χ4v) is 4.77. The van der Waals surface area contributed by atoms with E-state index in [4.69, 9.17) is 0 Å². The van der Waals surface area contributed by atoms with E-state index in [-0.39, 0.29) is 5.91 Å². The van der Waals surface area contributed by atoms with E-state index in [1.54, 1.807) is 0 Å². The lowest BCUT2D eigenvalue weighted by molar-refractivity contribution is 0.0954. The molecule has 1 aliphatic heterocycles. The van der Waals surface area contributed by atoms with Crippen molar-refractivity contribution in [2.45, 2.75) is 11.0 Å². The van der Waals surface area contributed by atoms with Crippen LogP contribution in [-0.4, -0.2) is 37.6 Å². The molecule has 1 aromatic carbocycles. The number of thioether (sulfide) groups is 2. The van der Waals surface area contributed by atoms with E-state index in [0.29, 0.717) is 11.1 Å². The molecular weight excluding hydrogens is 276 g/mol. The van der Waals surface area contributed by atoms with Crippen LogP contribution in [0.3, 0.4) is 0 Å². The molecule has 2 rings (SSSR count). The van der Waals surface area contributed by atoms with E-state index in [2.05, 4.69) is 22.8 Å². The summed E-state index contributed by atoms with van der Waals surface area (Å²) in [7, 11) is 1.88. The lowest BCUT2D eigenvalue weighted by Gasteiger charge is -2.21. The Hall–Kier alpha value is -0.650. The Labute approximate surface area is 123 Å². The van der Waals surface area contributed by atoms with Crippen molar-refractivity contribution in [3.8, 4) is 0 Å². The molecule has 0 unspecified atom stereocenters. The maximum Gasteiger partial charge on any atom is 0.251 e. The minimum absolute atomic E-state index is 0.00532. The Morgan fingerprint density at radius 2 is 1.89 bits per heavy atom. The Kier molecular flexibility index (Phi) is 6.07. The maximum absolute atomic E-state index is 11.9. The number of amides is 1. The molecule has 0 aliphatic carbocycles. The van der Waals surface area contributed by atoms with Gasteiger partial charge in [0.1, 0.15) is 0 Å². The van der Waals surface area contributed by atoms with E-state index in [9.17, 15) is 4.79 Å². The van der Waals surface area contributed by atoms with Crippen LogP contribution in [0, 0.1) is 0 Å². The first-order valence-corrected chi connectivity index (χ1v) is 8.67. The summed E-state index contributed by atoms with van der Waals surface area (Å²) in [6.45, 7) is 1.45. The second-order valence-corrected chi connectivity index (χ2v) is 7.13. The highest BCUT2D eigenvalue weighted by Gasteiger charge is 2.16. The molecule has 0 radical (unpaired) electrons. The van der Waals surface area contributed by atoms with E-state index >= 15 is 0 Å². The van der Waals surface area contributed by atoms with Gasteiger partial charge in [-0.05, 0) is 42.7 Å². The van der Waals surface area contributed by atoms with Crippen LogP contribution < -0.4 is 10.6 Å². The summed E-state index contributed by atoms with van der Waals surface area (Å²) < 4.78 is 0.537. The van der Waals surface area contributed by atoms with E-state index in [1.807, 2.05) is 42.7 Å². The lowest BCUT2D eigenvalue weighted by Crippen LogP contribution is -2.30. The van der Waals surface area contributed by atoms with Crippen LogP contribution in [0.5, 0.6) is 0 Å². The Morgan fingerprint density at radius 1 is 1.21 bits per heavy atom. The van der Waals surface area contributed by atoms with Crippen molar-refractivity contribution >= 4 is 29.4 Å².